The lowest BCUT2D eigenvalue weighted by atomic mass is 9.84. The van der Waals surface area contributed by atoms with Gasteiger partial charge in [0.2, 0.25) is 15.9 Å². The molecule has 2 aliphatic heterocycles. The van der Waals surface area contributed by atoms with Gasteiger partial charge in [-0.25, -0.2) is 8.42 Å². The summed E-state index contributed by atoms with van der Waals surface area (Å²) < 4.78 is 27.5. The zero-order valence-electron chi connectivity index (χ0n) is 19.1. The van der Waals surface area contributed by atoms with Crippen LogP contribution in [0.2, 0.25) is 0 Å². The number of hydrogen-bond acceptors (Lipinski definition) is 4. The first-order valence-corrected chi connectivity index (χ1v) is 13.5. The quantitative estimate of drug-likeness (QED) is 0.668. The van der Waals surface area contributed by atoms with Gasteiger partial charge in [0, 0.05) is 31.4 Å². The Hall–Kier alpha value is -1.44. The third-order valence-corrected chi connectivity index (χ3v) is 9.47. The van der Waals surface area contributed by atoms with Crippen LogP contribution in [-0.4, -0.2) is 62.8 Å². The summed E-state index contributed by atoms with van der Waals surface area (Å²) in [7, 11) is -1.35. The van der Waals surface area contributed by atoms with Crippen molar-refractivity contribution in [1.82, 2.24) is 9.21 Å². The highest BCUT2D eigenvalue weighted by atomic mass is 32.2. The molecule has 1 saturated carbocycles. The van der Waals surface area contributed by atoms with Crippen LogP contribution in [-0.2, 0) is 21.2 Å². The van der Waals surface area contributed by atoms with Crippen molar-refractivity contribution in [2.75, 3.05) is 38.1 Å². The summed E-state index contributed by atoms with van der Waals surface area (Å²) in [5, 5.41) is 0. The molecule has 0 atom stereocenters. The summed E-state index contributed by atoms with van der Waals surface area (Å²) >= 11 is 0. The van der Waals surface area contributed by atoms with E-state index in [1.807, 2.05) is 11.0 Å². The van der Waals surface area contributed by atoms with Gasteiger partial charge in [-0.3, -0.25) is 9.69 Å². The summed E-state index contributed by atoms with van der Waals surface area (Å²) in [5.41, 5.74) is 1.87. The monoisotopic (exact) mass is 447 g/mol. The van der Waals surface area contributed by atoms with Gasteiger partial charge in [0.05, 0.1) is 11.4 Å². The number of carbonyl (C=O) groups excluding carboxylic acids is 1. The Labute approximate surface area is 187 Å². The number of carbonyl (C=O) groups is 1. The second kappa shape index (κ2) is 9.59. The number of aryl methyl sites for hydroxylation is 1. The van der Waals surface area contributed by atoms with Crippen molar-refractivity contribution in [2.45, 2.75) is 75.6 Å². The normalized spacial score (nSPS) is 25.1. The molecule has 0 radical (unpaired) electrons. The Morgan fingerprint density at radius 2 is 1.77 bits per heavy atom. The number of anilines is 1. The maximum Gasteiger partial charge on any atom is 0.243 e. The van der Waals surface area contributed by atoms with Gasteiger partial charge in [0.25, 0.3) is 0 Å². The predicted octanol–water partition coefficient (Wildman–Crippen LogP) is 3.65. The van der Waals surface area contributed by atoms with Crippen LogP contribution in [0.3, 0.4) is 0 Å². The van der Waals surface area contributed by atoms with Gasteiger partial charge in [-0.15, -0.1) is 0 Å². The van der Waals surface area contributed by atoms with Crippen LogP contribution in [0, 0.1) is 5.92 Å². The zero-order valence-corrected chi connectivity index (χ0v) is 19.9. The molecule has 0 N–H and O–H groups in total. The molecule has 7 heteroatoms. The van der Waals surface area contributed by atoms with Crippen LogP contribution in [0.1, 0.15) is 63.9 Å². The van der Waals surface area contributed by atoms with E-state index in [0.29, 0.717) is 37.1 Å². The molecule has 0 aromatic heterocycles. The van der Waals surface area contributed by atoms with Gasteiger partial charge in [-0.2, -0.15) is 4.31 Å². The standard InChI is InChI=1S/C24H37N3O3S/c1-3-19-8-10-21(11-9-19)25(2)18-24(28)27-16-6-7-20-17-22(12-13-23(20)27)31(29,30)26-14-4-5-15-26/h12-13,17,19,21H,3-11,14-16,18H2,1-2H3. The summed E-state index contributed by atoms with van der Waals surface area (Å²) in [5.74, 6) is 0.969. The Balaban J connectivity index is 1.45. The molecule has 0 unspecified atom stereocenters. The van der Waals surface area contributed by atoms with Crippen LogP contribution in [0.5, 0.6) is 0 Å². The van der Waals surface area contributed by atoms with Crippen molar-refractivity contribution >= 4 is 21.6 Å². The van der Waals surface area contributed by atoms with Crippen molar-refractivity contribution in [3.05, 3.63) is 23.8 Å². The van der Waals surface area contributed by atoms with E-state index < -0.39 is 10.0 Å². The molecular formula is C24H37N3O3S. The van der Waals surface area contributed by atoms with E-state index in [-0.39, 0.29) is 5.91 Å². The van der Waals surface area contributed by atoms with E-state index in [0.717, 1.165) is 42.9 Å². The number of benzene rings is 1. The highest BCUT2D eigenvalue weighted by Gasteiger charge is 2.31. The van der Waals surface area contributed by atoms with E-state index in [9.17, 15) is 13.2 Å². The molecule has 172 valence electrons. The molecule has 1 amide bonds. The number of likely N-dealkylation sites (N-methyl/N-ethyl adjacent to an activating group) is 1. The van der Waals surface area contributed by atoms with Gasteiger partial charge in [0.1, 0.15) is 0 Å². The first-order chi connectivity index (χ1) is 14.9. The third-order valence-electron chi connectivity index (χ3n) is 7.58. The highest BCUT2D eigenvalue weighted by molar-refractivity contribution is 7.89. The van der Waals surface area contributed by atoms with Gasteiger partial charge < -0.3 is 4.90 Å². The van der Waals surface area contributed by atoms with E-state index >= 15 is 0 Å². The zero-order chi connectivity index (χ0) is 22.0. The second-order valence-corrected chi connectivity index (χ2v) is 11.5. The summed E-state index contributed by atoms with van der Waals surface area (Å²) in [6.07, 6.45) is 9.69. The van der Waals surface area contributed by atoms with Crippen LogP contribution in [0.4, 0.5) is 5.69 Å². The number of hydrogen-bond donors (Lipinski definition) is 0. The van der Waals surface area contributed by atoms with Crippen molar-refractivity contribution < 1.29 is 13.2 Å². The van der Waals surface area contributed by atoms with Gasteiger partial charge in [0.15, 0.2) is 0 Å². The van der Waals surface area contributed by atoms with Crippen LogP contribution < -0.4 is 4.90 Å². The smallest absolute Gasteiger partial charge is 0.243 e. The largest absolute Gasteiger partial charge is 0.311 e. The number of nitrogens with zero attached hydrogens (tertiary/aromatic N) is 3. The van der Waals surface area contributed by atoms with Crippen LogP contribution >= 0.6 is 0 Å². The Morgan fingerprint density at radius 1 is 1.06 bits per heavy atom. The molecule has 31 heavy (non-hydrogen) atoms. The minimum absolute atomic E-state index is 0.121. The highest BCUT2D eigenvalue weighted by Crippen LogP contribution is 2.32. The summed E-state index contributed by atoms with van der Waals surface area (Å²) in [6, 6.07) is 5.83. The minimum atomic E-state index is -3.43. The van der Waals surface area contributed by atoms with Gasteiger partial charge in [-0.1, -0.05) is 13.3 Å². The number of rotatable bonds is 6. The fourth-order valence-corrected chi connectivity index (χ4v) is 7.06. The first kappa shape index (κ1) is 22.7. The first-order valence-electron chi connectivity index (χ1n) is 12.0. The average molecular weight is 448 g/mol. The molecule has 3 aliphatic rings. The lowest BCUT2D eigenvalue weighted by Crippen LogP contribution is -2.45. The SMILES string of the molecule is CCC1CCC(N(C)CC(=O)N2CCCc3cc(S(=O)(=O)N4CCCC4)ccc32)CC1. The fraction of sp³-hybridized carbons (Fsp3) is 0.708. The molecule has 1 saturated heterocycles. The second-order valence-electron chi connectivity index (χ2n) is 9.55. The van der Waals surface area contributed by atoms with Gasteiger partial charge in [-0.05, 0) is 88.1 Å². The van der Waals surface area contributed by atoms with Crippen LogP contribution in [0.25, 0.3) is 0 Å². The van der Waals surface area contributed by atoms with E-state index in [1.165, 1.54) is 32.1 Å². The number of amides is 1. The summed E-state index contributed by atoms with van der Waals surface area (Å²) in [6.45, 7) is 4.62. The third kappa shape index (κ3) is 4.83. The van der Waals surface area contributed by atoms with Crippen molar-refractivity contribution in [3.63, 3.8) is 0 Å². The number of fused-ring (bicyclic) bond motifs is 1. The average Bonchev–Trinajstić information content (AvgIpc) is 3.34. The molecule has 2 fully saturated rings. The molecule has 1 aliphatic carbocycles. The molecule has 6 nitrogen and oxygen atoms in total. The Morgan fingerprint density at radius 3 is 2.45 bits per heavy atom. The maximum absolute atomic E-state index is 13.2. The summed E-state index contributed by atoms with van der Waals surface area (Å²) in [4.78, 5) is 17.7. The Kier molecular flexibility index (Phi) is 7.04. The Bertz CT molecular complexity index is 887. The molecule has 0 bridgehead atoms. The molecule has 4 rings (SSSR count). The van der Waals surface area contributed by atoms with E-state index in [2.05, 4.69) is 18.9 Å². The minimum Gasteiger partial charge on any atom is -0.311 e. The topological polar surface area (TPSA) is 60.9 Å². The molecule has 1 aromatic rings. The lowest BCUT2D eigenvalue weighted by molar-refractivity contribution is -0.120. The fourth-order valence-electron chi connectivity index (χ4n) is 5.49. The van der Waals surface area contributed by atoms with Gasteiger partial charge >= 0.3 is 0 Å². The van der Waals surface area contributed by atoms with Crippen molar-refractivity contribution in [3.8, 4) is 0 Å². The maximum atomic E-state index is 13.2. The predicted molar refractivity (Wildman–Crippen MR) is 124 cm³/mol. The van der Waals surface area contributed by atoms with Crippen LogP contribution in [0.15, 0.2) is 23.1 Å². The van der Waals surface area contributed by atoms with E-state index in [1.54, 1.807) is 16.4 Å². The molecule has 1 aromatic carbocycles. The van der Waals surface area contributed by atoms with Crippen molar-refractivity contribution in [1.29, 1.82) is 0 Å². The number of sulfonamides is 1. The lowest BCUT2D eigenvalue weighted by Gasteiger charge is -2.36. The molecule has 2 heterocycles. The molecule has 0 spiro atoms. The molecular weight excluding hydrogens is 410 g/mol. The van der Waals surface area contributed by atoms with E-state index in [4.69, 9.17) is 0 Å². The van der Waals surface area contributed by atoms with Crippen molar-refractivity contribution in [2.24, 2.45) is 5.92 Å².